The second-order valence-corrected chi connectivity index (χ2v) is 7.42. The van der Waals surface area contributed by atoms with E-state index in [2.05, 4.69) is 29.0 Å². The fourth-order valence-corrected chi connectivity index (χ4v) is 4.21. The predicted octanol–water partition coefficient (Wildman–Crippen LogP) is 6.12. The van der Waals surface area contributed by atoms with E-state index >= 15 is 0 Å². The minimum absolute atomic E-state index is 0.262. The molecule has 4 rings (SSSR count). The normalized spacial score (nSPS) is 11.2. The molecule has 0 amide bonds. The number of rotatable bonds is 6. The van der Waals surface area contributed by atoms with E-state index in [1.54, 1.807) is 24.2 Å². The van der Waals surface area contributed by atoms with Gasteiger partial charge >= 0.3 is 0 Å². The van der Waals surface area contributed by atoms with Gasteiger partial charge in [0.2, 0.25) is 0 Å². The van der Waals surface area contributed by atoms with Crippen LogP contribution in [-0.2, 0) is 0 Å². The van der Waals surface area contributed by atoms with Gasteiger partial charge in [0.25, 0.3) is 0 Å². The minimum atomic E-state index is -0.262. The first-order valence-corrected chi connectivity index (χ1v) is 10.1. The Morgan fingerprint density at radius 1 is 1.04 bits per heavy atom. The van der Waals surface area contributed by atoms with Crippen LogP contribution in [0.3, 0.4) is 0 Å². The number of hydrogen-bond donors (Lipinski definition) is 0. The molecule has 136 valence electrons. The highest BCUT2D eigenvalue weighted by molar-refractivity contribution is 7.99. The fraction of sp³-hybridized carbons (Fsp3) is 0.182. The van der Waals surface area contributed by atoms with Crippen LogP contribution >= 0.6 is 11.8 Å². The molecule has 3 nitrogen and oxygen atoms in total. The second kappa shape index (κ2) is 7.92. The van der Waals surface area contributed by atoms with E-state index in [0.29, 0.717) is 0 Å². The van der Waals surface area contributed by atoms with E-state index < -0.39 is 0 Å². The summed E-state index contributed by atoms with van der Waals surface area (Å²) in [6.45, 7) is 2.19. The lowest BCUT2D eigenvalue weighted by Gasteiger charge is -2.06. The van der Waals surface area contributed by atoms with Gasteiger partial charge in [-0.1, -0.05) is 49.7 Å². The van der Waals surface area contributed by atoms with E-state index in [4.69, 9.17) is 0 Å². The van der Waals surface area contributed by atoms with Crippen molar-refractivity contribution >= 4 is 22.8 Å². The van der Waals surface area contributed by atoms with Crippen molar-refractivity contribution in [3.8, 4) is 16.8 Å². The van der Waals surface area contributed by atoms with Gasteiger partial charge in [-0.15, -0.1) is 11.8 Å². The van der Waals surface area contributed by atoms with Crippen LogP contribution in [-0.4, -0.2) is 20.3 Å². The highest BCUT2D eigenvalue weighted by Gasteiger charge is 2.17. The van der Waals surface area contributed by atoms with Gasteiger partial charge in [0.05, 0.1) is 5.39 Å². The monoisotopic (exact) mass is 377 g/mol. The van der Waals surface area contributed by atoms with Crippen LogP contribution in [0.5, 0.6) is 0 Å². The SMILES string of the molecule is CCCCSc1ncnc2c1c(-c1ccccc1)cn2-c1cccc(F)c1. The maximum absolute atomic E-state index is 13.8. The molecule has 27 heavy (non-hydrogen) atoms. The Morgan fingerprint density at radius 2 is 1.89 bits per heavy atom. The van der Waals surface area contributed by atoms with Crippen LogP contribution in [0.15, 0.2) is 72.1 Å². The Bertz CT molecular complexity index is 1060. The molecule has 0 fully saturated rings. The molecule has 0 aliphatic heterocycles. The number of unbranched alkanes of at least 4 members (excludes halogenated alkanes) is 1. The van der Waals surface area contributed by atoms with E-state index in [-0.39, 0.29) is 5.82 Å². The Kier molecular flexibility index (Phi) is 5.21. The smallest absolute Gasteiger partial charge is 0.149 e. The van der Waals surface area contributed by atoms with Crippen molar-refractivity contribution in [2.24, 2.45) is 0 Å². The fourth-order valence-electron chi connectivity index (χ4n) is 3.12. The molecule has 0 unspecified atom stereocenters. The Hall–Kier alpha value is -2.66. The third-order valence-corrected chi connectivity index (χ3v) is 5.53. The van der Waals surface area contributed by atoms with E-state index in [1.807, 2.05) is 35.0 Å². The third-order valence-electron chi connectivity index (χ3n) is 4.46. The molecule has 0 aliphatic rings. The molecule has 0 atom stereocenters. The molecule has 5 heteroatoms. The zero-order valence-corrected chi connectivity index (χ0v) is 15.9. The summed E-state index contributed by atoms with van der Waals surface area (Å²) in [7, 11) is 0. The molecule has 0 saturated heterocycles. The van der Waals surface area contributed by atoms with Crippen molar-refractivity contribution in [1.29, 1.82) is 0 Å². The summed E-state index contributed by atoms with van der Waals surface area (Å²) < 4.78 is 15.8. The molecule has 0 saturated carbocycles. The van der Waals surface area contributed by atoms with E-state index in [9.17, 15) is 4.39 Å². The maximum atomic E-state index is 13.8. The largest absolute Gasteiger partial charge is 0.300 e. The summed E-state index contributed by atoms with van der Waals surface area (Å²) in [6, 6.07) is 16.8. The van der Waals surface area contributed by atoms with Crippen LogP contribution in [0.25, 0.3) is 27.8 Å². The van der Waals surface area contributed by atoms with Crippen molar-refractivity contribution in [2.45, 2.75) is 24.8 Å². The van der Waals surface area contributed by atoms with Crippen molar-refractivity contribution in [3.05, 3.63) is 72.9 Å². The number of aromatic nitrogens is 3. The summed E-state index contributed by atoms with van der Waals surface area (Å²) in [5, 5.41) is 2.00. The van der Waals surface area contributed by atoms with Crippen LogP contribution in [0.4, 0.5) is 4.39 Å². The minimum Gasteiger partial charge on any atom is -0.300 e. The first-order valence-electron chi connectivity index (χ1n) is 9.08. The van der Waals surface area contributed by atoms with Crippen LogP contribution in [0.2, 0.25) is 0 Å². The average molecular weight is 377 g/mol. The molecule has 0 aliphatic carbocycles. The van der Waals surface area contributed by atoms with Crippen molar-refractivity contribution in [3.63, 3.8) is 0 Å². The summed E-state index contributed by atoms with van der Waals surface area (Å²) >= 11 is 1.76. The summed E-state index contributed by atoms with van der Waals surface area (Å²) in [4.78, 5) is 9.09. The summed E-state index contributed by atoms with van der Waals surface area (Å²) in [5.41, 5.74) is 3.72. The lowest BCUT2D eigenvalue weighted by Crippen LogP contribution is -1.95. The number of nitrogens with zero attached hydrogens (tertiary/aromatic N) is 3. The number of benzene rings is 2. The highest BCUT2D eigenvalue weighted by atomic mass is 32.2. The van der Waals surface area contributed by atoms with Crippen LogP contribution < -0.4 is 0 Å². The quantitative estimate of drug-likeness (QED) is 0.230. The van der Waals surface area contributed by atoms with Crippen LogP contribution in [0, 0.1) is 5.82 Å². The molecule has 0 N–H and O–H groups in total. The first kappa shape index (κ1) is 17.7. The van der Waals surface area contributed by atoms with Gasteiger partial charge in [0.15, 0.2) is 0 Å². The van der Waals surface area contributed by atoms with Crippen molar-refractivity contribution in [1.82, 2.24) is 14.5 Å². The maximum Gasteiger partial charge on any atom is 0.149 e. The first-order chi connectivity index (χ1) is 13.3. The van der Waals surface area contributed by atoms with Gasteiger partial charge in [-0.25, -0.2) is 14.4 Å². The zero-order valence-electron chi connectivity index (χ0n) is 15.1. The molecular weight excluding hydrogens is 357 g/mol. The van der Waals surface area contributed by atoms with Gasteiger partial charge in [-0.2, -0.15) is 0 Å². The predicted molar refractivity (Wildman–Crippen MR) is 110 cm³/mol. The molecule has 2 aromatic heterocycles. The molecule has 0 spiro atoms. The van der Waals surface area contributed by atoms with Gasteiger partial charge in [-0.05, 0) is 35.9 Å². The van der Waals surface area contributed by atoms with Gasteiger partial charge in [0, 0.05) is 17.4 Å². The number of thioether (sulfide) groups is 1. The summed E-state index contributed by atoms with van der Waals surface area (Å²) in [5.74, 6) is 0.754. The highest BCUT2D eigenvalue weighted by Crippen LogP contribution is 2.36. The van der Waals surface area contributed by atoms with E-state index in [1.165, 1.54) is 12.1 Å². The Labute approximate surface area is 162 Å². The number of fused-ring (bicyclic) bond motifs is 1. The number of hydrogen-bond acceptors (Lipinski definition) is 3. The molecule has 0 radical (unpaired) electrons. The van der Waals surface area contributed by atoms with E-state index in [0.717, 1.165) is 51.5 Å². The molecule has 4 aromatic rings. The van der Waals surface area contributed by atoms with Gasteiger partial charge in [-0.3, -0.25) is 0 Å². The van der Waals surface area contributed by atoms with Crippen LogP contribution in [0.1, 0.15) is 19.8 Å². The Morgan fingerprint density at radius 3 is 2.67 bits per heavy atom. The zero-order chi connectivity index (χ0) is 18.6. The second-order valence-electron chi connectivity index (χ2n) is 6.34. The topological polar surface area (TPSA) is 30.7 Å². The van der Waals surface area contributed by atoms with Crippen molar-refractivity contribution < 1.29 is 4.39 Å². The number of halogens is 1. The standard InChI is InChI=1S/C22H20FN3S/c1-2-3-12-27-22-20-19(16-8-5-4-6-9-16)14-26(21(20)24-15-25-22)18-11-7-10-17(23)13-18/h4-11,13-15H,2-3,12H2,1H3. The third kappa shape index (κ3) is 3.60. The molecular formula is C22H20FN3S. The van der Waals surface area contributed by atoms with Gasteiger partial charge in [0.1, 0.15) is 22.8 Å². The van der Waals surface area contributed by atoms with Crippen molar-refractivity contribution in [2.75, 3.05) is 5.75 Å². The lowest BCUT2D eigenvalue weighted by molar-refractivity contribution is 0.627. The average Bonchev–Trinajstić information content (AvgIpc) is 3.09. The van der Waals surface area contributed by atoms with Gasteiger partial charge < -0.3 is 4.57 Å². The molecule has 0 bridgehead atoms. The Balaban J connectivity index is 1.94. The summed E-state index contributed by atoms with van der Waals surface area (Å²) in [6.07, 6.45) is 5.92. The molecule has 2 heterocycles. The lowest BCUT2D eigenvalue weighted by atomic mass is 10.1. The molecule has 2 aromatic carbocycles.